The number of benzene rings is 1. The molecule has 0 aromatic heterocycles. The van der Waals surface area contributed by atoms with Gasteiger partial charge in [0.15, 0.2) is 0 Å². The molecule has 1 aliphatic heterocycles. The Labute approximate surface area is 124 Å². The van der Waals surface area contributed by atoms with Gasteiger partial charge in [-0.15, -0.1) is 0 Å². The van der Waals surface area contributed by atoms with Crippen molar-refractivity contribution in [1.82, 2.24) is 10.2 Å². The molecule has 1 aromatic rings. The average Bonchev–Trinajstić information content (AvgIpc) is 2.49. The fraction of sp³-hybridized carbons (Fsp3) is 0.667. The molecule has 1 fully saturated rings. The summed E-state index contributed by atoms with van der Waals surface area (Å²) < 4.78 is 0. The molecule has 1 saturated heterocycles. The lowest BCUT2D eigenvalue weighted by Gasteiger charge is -2.41. The van der Waals surface area contributed by atoms with Crippen LogP contribution in [0.4, 0.5) is 0 Å². The van der Waals surface area contributed by atoms with Crippen molar-refractivity contribution in [2.45, 2.75) is 59.2 Å². The van der Waals surface area contributed by atoms with Crippen LogP contribution in [0.5, 0.6) is 0 Å². The predicted molar refractivity (Wildman–Crippen MR) is 86.9 cm³/mol. The van der Waals surface area contributed by atoms with Crippen LogP contribution in [0, 0.1) is 5.92 Å². The van der Waals surface area contributed by atoms with Gasteiger partial charge in [-0.2, -0.15) is 0 Å². The molecular weight excluding hydrogens is 244 g/mol. The van der Waals surface area contributed by atoms with Crippen LogP contribution >= 0.6 is 0 Å². The molecule has 112 valence electrons. The molecule has 0 radical (unpaired) electrons. The van der Waals surface area contributed by atoms with E-state index < -0.39 is 0 Å². The first-order valence-corrected chi connectivity index (χ1v) is 8.19. The predicted octanol–water partition coefficient (Wildman–Crippen LogP) is 3.46. The molecule has 1 aromatic carbocycles. The summed E-state index contributed by atoms with van der Waals surface area (Å²) in [5.41, 5.74) is 2.87. The monoisotopic (exact) mass is 274 g/mol. The summed E-state index contributed by atoms with van der Waals surface area (Å²) in [4.78, 5) is 2.63. The Morgan fingerprint density at radius 1 is 1.20 bits per heavy atom. The fourth-order valence-electron chi connectivity index (χ4n) is 2.95. The first-order valence-electron chi connectivity index (χ1n) is 8.19. The van der Waals surface area contributed by atoms with E-state index in [1.165, 1.54) is 24.1 Å². The van der Waals surface area contributed by atoms with E-state index in [-0.39, 0.29) is 0 Å². The Morgan fingerprint density at radius 3 is 2.45 bits per heavy atom. The van der Waals surface area contributed by atoms with E-state index in [4.69, 9.17) is 0 Å². The van der Waals surface area contributed by atoms with Crippen LogP contribution in [0.15, 0.2) is 24.3 Å². The van der Waals surface area contributed by atoms with E-state index in [1.54, 1.807) is 0 Å². The molecule has 2 heteroatoms. The SMILES string of the molecule is CCc1ccc(CN2CC(C(C)CC)NCC2C)cc1. The quantitative estimate of drug-likeness (QED) is 0.884. The van der Waals surface area contributed by atoms with E-state index in [0.717, 1.165) is 25.4 Å². The number of piperazine rings is 1. The normalized spacial score (nSPS) is 25.6. The maximum Gasteiger partial charge on any atom is 0.0237 e. The van der Waals surface area contributed by atoms with Crippen molar-refractivity contribution in [1.29, 1.82) is 0 Å². The molecular formula is C18H30N2. The molecule has 2 rings (SSSR count). The average molecular weight is 274 g/mol. The first-order chi connectivity index (χ1) is 9.63. The molecule has 3 atom stereocenters. The van der Waals surface area contributed by atoms with Crippen molar-refractivity contribution in [2.24, 2.45) is 5.92 Å². The molecule has 0 spiro atoms. The Morgan fingerprint density at radius 2 is 1.85 bits per heavy atom. The summed E-state index contributed by atoms with van der Waals surface area (Å²) in [7, 11) is 0. The summed E-state index contributed by atoms with van der Waals surface area (Å²) in [6.45, 7) is 12.6. The van der Waals surface area contributed by atoms with Gasteiger partial charge in [-0.05, 0) is 30.4 Å². The van der Waals surface area contributed by atoms with Crippen molar-refractivity contribution >= 4 is 0 Å². The lowest BCUT2D eigenvalue weighted by atomic mass is 9.95. The number of rotatable bonds is 5. The van der Waals surface area contributed by atoms with Gasteiger partial charge in [-0.1, -0.05) is 51.5 Å². The third kappa shape index (κ3) is 3.83. The Bertz CT molecular complexity index is 398. The topological polar surface area (TPSA) is 15.3 Å². The van der Waals surface area contributed by atoms with Gasteiger partial charge in [0.1, 0.15) is 0 Å². The van der Waals surface area contributed by atoms with Crippen LogP contribution < -0.4 is 5.32 Å². The third-order valence-corrected chi connectivity index (χ3v) is 4.88. The molecule has 0 bridgehead atoms. The van der Waals surface area contributed by atoms with Gasteiger partial charge in [-0.3, -0.25) is 4.90 Å². The maximum atomic E-state index is 3.71. The van der Waals surface area contributed by atoms with Crippen LogP contribution in [-0.2, 0) is 13.0 Å². The molecule has 0 amide bonds. The molecule has 1 aliphatic rings. The highest BCUT2D eigenvalue weighted by Crippen LogP contribution is 2.18. The van der Waals surface area contributed by atoms with E-state index in [1.807, 2.05) is 0 Å². The molecule has 2 nitrogen and oxygen atoms in total. The molecule has 0 aliphatic carbocycles. The summed E-state index contributed by atoms with van der Waals surface area (Å²) in [6, 6.07) is 10.4. The van der Waals surface area contributed by atoms with Crippen molar-refractivity contribution in [3.05, 3.63) is 35.4 Å². The lowest BCUT2D eigenvalue weighted by molar-refractivity contribution is 0.112. The van der Waals surface area contributed by atoms with Crippen LogP contribution in [0.2, 0.25) is 0 Å². The van der Waals surface area contributed by atoms with Crippen LogP contribution in [-0.4, -0.2) is 30.1 Å². The number of hydrogen-bond acceptors (Lipinski definition) is 2. The van der Waals surface area contributed by atoms with Gasteiger partial charge >= 0.3 is 0 Å². The van der Waals surface area contributed by atoms with Crippen molar-refractivity contribution in [3.8, 4) is 0 Å². The van der Waals surface area contributed by atoms with E-state index in [0.29, 0.717) is 12.1 Å². The van der Waals surface area contributed by atoms with Gasteiger partial charge in [0.05, 0.1) is 0 Å². The number of aryl methyl sites for hydroxylation is 1. The molecule has 1 heterocycles. The maximum absolute atomic E-state index is 3.71. The second-order valence-corrected chi connectivity index (χ2v) is 6.35. The third-order valence-electron chi connectivity index (χ3n) is 4.88. The van der Waals surface area contributed by atoms with Crippen LogP contribution in [0.25, 0.3) is 0 Å². The van der Waals surface area contributed by atoms with Gasteiger partial charge < -0.3 is 5.32 Å². The second kappa shape index (κ2) is 7.24. The highest BCUT2D eigenvalue weighted by Gasteiger charge is 2.27. The zero-order valence-electron chi connectivity index (χ0n) is 13.5. The minimum atomic E-state index is 0.626. The second-order valence-electron chi connectivity index (χ2n) is 6.35. The van der Waals surface area contributed by atoms with Crippen LogP contribution in [0.1, 0.15) is 45.2 Å². The van der Waals surface area contributed by atoms with Gasteiger partial charge in [0.2, 0.25) is 0 Å². The van der Waals surface area contributed by atoms with E-state index >= 15 is 0 Å². The minimum absolute atomic E-state index is 0.626. The van der Waals surface area contributed by atoms with Gasteiger partial charge in [-0.25, -0.2) is 0 Å². The molecule has 3 unspecified atom stereocenters. The highest BCUT2D eigenvalue weighted by molar-refractivity contribution is 5.22. The standard InChI is InChI=1S/C18H30N2/c1-5-14(3)18-13-20(15(4)11-19-18)12-17-9-7-16(6-2)8-10-17/h7-10,14-15,18-19H,5-6,11-13H2,1-4H3. The largest absolute Gasteiger partial charge is 0.311 e. The highest BCUT2D eigenvalue weighted by atomic mass is 15.2. The van der Waals surface area contributed by atoms with Crippen molar-refractivity contribution in [2.75, 3.05) is 13.1 Å². The summed E-state index contributed by atoms with van der Waals surface area (Å²) in [6.07, 6.45) is 2.38. The first kappa shape index (κ1) is 15.5. The number of nitrogens with one attached hydrogen (secondary N) is 1. The number of nitrogens with zero attached hydrogens (tertiary/aromatic N) is 1. The van der Waals surface area contributed by atoms with Gasteiger partial charge in [0.25, 0.3) is 0 Å². The Balaban J connectivity index is 1.98. The zero-order valence-corrected chi connectivity index (χ0v) is 13.5. The van der Waals surface area contributed by atoms with Crippen molar-refractivity contribution < 1.29 is 0 Å². The number of hydrogen-bond donors (Lipinski definition) is 1. The van der Waals surface area contributed by atoms with Gasteiger partial charge in [0, 0.05) is 31.7 Å². The Hall–Kier alpha value is -0.860. The van der Waals surface area contributed by atoms with E-state index in [9.17, 15) is 0 Å². The minimum Gasteiger partial charge on any atom is -0.311 e. The molecule has 1 N–H and O–H groups in total. The summed E-state index contributed by atoms with van der Waals surface area (Å²) >= 11 is 0. The van der Waals surface area contributed by atoms with E-state index in [2.05, 4.69) is 62.2 Å². The fourth-order valence-corrected chi connectivity index (χ4v) is 2.95. The molecule has 20 heavy (non-hydrogen) atoms. The Kier molecular flexibility index (Phi) is 5.62. The lowest BCUT2D eigenvalue weighted by Crippen LogP contribution is -2.56. The zero-order chi connectivity index (χ0) is 14.5. The molecule has 0 saturated carbocycles. The summed E-state index contributed by atoms with van der Waals surface area (Å²) in [5, 5.41) is 3.71. The smallest absolute Gasteiger partial charge is 0.0237 e. The van der Waals surface area contributed by atoms with Crippen molar-refractivity contribution in [3.63, 3.8) is 0 Å². The van der Waals surface area contributed by atoms with Crippen LogP contribution in [0.3, 0.4) is 0 Å². The summed E-state index contributed by atoms with van der Waals surface area (Å²) in [5.74, 6) is 0.757.